The number of rotatable bonds is 1. The molecule has 86 valence electrons. The molecule has 1 aromatic heterocycles. The smallest absolute Gasteiger partial charge is 0.239 e. The van der Waals surface area contributed by atoms with Gasteiger partial charge in [0.15, 0.2) is 5.69 Å². The molecule has 0 bridgehead atoms. The second kappa shape index (κ2) is 3.94. The second-order valence-corrected chi connectivity index (χ2v) is 3.28. The van der Waals surface area contributed by atoms with Crippen LogP contribution in [-0.4, -0.2) is 9.78 Å². The fourth-order valence-corrected chi connectivity index (χ4v) is 1.38. The molecule has 6 heteroatoms. The lowest BCUT2D eigenvalue weighted by atomic mass is 10.2. The van der Waals surface area contributed by atoms with Gasteiger partial charge in [-0.15, -0.1) is 0 Å². The van der Waals surface area contributed by atoms with Gasteiger partial charge in [-0.2, -0.15) is 23.5 Å². The van der Waals surface area contributed by atoms with Crippen molar-refractivity contribution in [1.82, 2.24) is 9.78 Å². The molecule has 0 radical (unpaired) electrons. The zero-order valence-electron chi connectivity index (χ0n) is 8.44. The summed E-state index contributed by atoms with van der Waals surface area (Å²) in [6.07, 6.45) is -3.55. The highest BCUT2D eigenvalue weighted by Gasteiger charge is 2.37. The molecule has 0 atom stereocenters. The Morgan fingerprint density at radius 1 is 1.18 bits per heavy atom. The molecule has 0 unspecified atom stereocenters. The Bertz CT molecular complexity index is 564. The zero-order valence-corrected chi connectivity index (χ0v) is 8.44. The summed E-state index contributed by atoms with van der Waals surface area (Å²) in [4.78, 5) is 0. The molecular weight excluding hydrogens is 231 g/mol. The van der Waals surface area contributed by atoms with Gasteiger partial charge in [0.1, 0.15) is 11.6 Å². The summed E-state index contributed by atoms with van der Waals surface area (Å²) < 4.78 is 38.7. The van der Waals surface area contributed by atoms with E-state index in [0.29, 0.717) is 5.69 Å². The number of hydrogen-bond donors (Lipinski definition) is 0. The van der Waals surface area contributed by atoms with Crippen LogP contribution in [0, 0.1) is 11.3 Å². The average molecular weight is 237 g/mol. The van der Waals surface area contributed by atoms with Gasteiger partial charge in [-0.05, 0) is 12.1 Å². The molecular formula is C11H6F3N3. The first-order chi connectivity index (χ1) is 8.02. The zero-order chi connectivity index (χ0) is 12.5. The molecule has 0 amide bonds. The van der Waals surface area contributed by atoms with Crippen LogP contribution in [0.15, 0.2) is 36.5 Å². The third-order valence-corrected chi connectivity index (χ3v) is 2.12. The highest BCUT2D eigenvalue weighted by atomic mass is 19.4. The monoisotopic (exact) mass is 237 g/mol. The molecule has 1 heterocycles. The molecule has 0 aliphatic heterocycles. The molecule has 0 N–H and O–H groups in total. The molecule has 0 saturated carbocycles. The fourth-order valence-electron chi connectivity index (χ4n) is 1.38. The lowest BCUT2D eigenvalue weighted by molar-refractivity contribution is -0.141. The lowest BCUT2D eigenvalue weighted by Gasteiger charge is -2.02. The van der Waals surface area contributed by atoms with Crippen LogP contribution in [-0.2, 0) is 6.18 Å². The number of aromatic nitrogens is 2. The Balaban J connectivity index is 2.54. The summed E-state index contributed by atoms with van der Waals surface area (Å²) in [5.41, 5.74) is -1.18. The number of benzene rings is 1. The minimum atomic E-state index is -4.62. The Morgan fingerprint density at radius 3 is 2.29 bits per heavy atom. The third-order valence-electron chi connectivity index (χ3n) is 2.12. The number of nitriles is 1. The summed E-state index contributed by atoms with van der Waals surface area (Å²) in [5.74, 6) is 0. The molecule has 2 aromatic rings. The van der Waals surface area contributed by atoms with E-state index < -0.39 is 17.4 Å². The van der Waals surface area contributed by atoms with E-state index in [1.165, 1.54) is 6.07 Å². The van der Waals surface area contributed by atoms with Crippen LogP contribution >= 0.6 is 0 Å². The third kappa shape index (κ3) is 2.13. The average Bonchev–Trinajstić information content (AvgIpc) is 2.74. The normalized spacial score (nSPS) is 11.2. The first-order valence-electron chi connectivity index (χ1n) is 4.65. The Kier molecular flexibility index (Phi) is 2.60. The van der Waals surface area contributed by atoms with E-state index >= 15 is 0 Å². The highest BCUT2D eigenvalue weighted by molar-refractivity contribution is 5.38. The Labute approximate surface area is 94.7 Å². The number of alkyl halides is 3. The van der Waals surface area contributed by atoms with Gasteiger partial charge in [-0.3, -0.25) is 0 Å². The SMILES string of the molecule is N#Cc1cn(-c2ccccc2)nc1C(F)(F)F. The van der Waals surface area contributed by atoms with E-state index in [-0.39, 0.29) is 0 Å². The van der Waals surface area contributed by atoms with Crippen LogP contribution in [0.2, 0.25) is 0 Å². The van der Waals surface area contributed by atoms with Crippen molar-refractivity contribution in [3.05, 3.63) is 47.8 Å². The van der Waals surface area contributed by atoms with E-state index in [1.807, 2.05) is 0 Å². The topological polar surface area (TPSA) is 41.6 Å². The molecule has 0 saturated heterocycles. The molecule has 1 aromatic carbocycles. The summed E-state index contributed by atoms with van der Waals surface area (Å²) >= 11 is 0. The van der Waals surface area contributed by atoms with E-state index in [2.05, 4.69) is 5.10 Å². The van der Waals surface area contributed by atoms with Crippen molar-refractivity contribution in [1.29, 1.82) is 5.26 Å². The molecule has 2 rings (SSSR count). The van der Waals surface area contributed by atoms with Crippen LogP contribution in [0.5, 0.6) is 0 Å². The van der Waals surface area contributed by atoms with Crippen LogP contribution < -0.4 is 0 Å². The van der Waals surface area contributed by atoms with Gasteiger partial charge in [0.25, 0.3) is 0 Å². The quantitative estimate of drug-likeness (QED) is 0.765. The van der Waals surface area contributed by atoms with Crippen molar-refractivity contribution in [2.45, 2.75) is 6.18 Å². The van der Waals surface area contributed by atoms with Crippen molar-refractivity contribution >= 4 is 0 Å². The minimum Gasteiger partial charge on any atom is -0.239 e. The first kappa shape index (κ1) is 11.2. The summed E-state index contributed by atoms with van der Waals surface area (Å²) in [6.45, 7) is 0. The highest BCUT2D eigenvalue weighted by Crippen LogP contribution is 2.30. The van der Waals surface area contributed by atoms with Crippen molar-refractivity contribution < 1.29 is 13.2 Å². The van der Waals surface area contributed by atoms with E-state index in [4.69, 9.17) is 5.26 Å². The minimum absolute atomic E-state index is 0.472. The van der Waals surface area contributed by atoms with Crippen LogP contribution in [0.25, 0.3) is 5.69 Å². The van der Waals surface area contributed by atoms with Crippen molar-refractivity contribution in [2.24, 2.45) is 0 Å². The maximum atomic E-state index is 12.5. The van der Waals surface area contributed by atoms with Gasteiger partial charge in [-0.25, -0.2) is 4.68 Å². The number of nitrogens with zero attached hydrogens (tertiary/aromatic N) is 3. The first-order valence-corrected chi connectivity index (χ1v) is 4.65. The van der Waals surface area contributed by atoms with Gasteiger partial charge in [0.2, 0.25) is 0 Å². The standard InChI is InChI=1S/C11H6F3N3/c12-11(13,14)10-8(6-15)7-17(16-10)9-4-2-1-3-5-9/h1-5,7H. The Hall–Kier alpha value is -2.29. The summed E-state index contributed by atoms with van der Waals surface area (Å²) in [5, 5.41) is 12.0. The molecule has 0 fully saturated rings. The molecule has 3 nitrogen and oxygen atoms in total. The molecule has 0 aliphatic carbocycles. The predicted octanol–water partition coefficient (Wildman–Crippen LogP) is 2.76. The van der Waals surface area contributed by atoms with E-state index in [0.717, 1.165) is 10.9 Å². The molecule has 0 aliphatic rings. The Morgan fingerprint density at radius 2 is 1.82 bits per heavy atom. The maximum Gasteiger partial charge on any atom is 0.436 e. The van der Waals surface area contributed by atoms with Crippen LogP contribution in [0.1, 0.15) is 11.3 Å². The maximum absolute atomic E-state index is 12.5. The summed E-state index contributed by atoms with van der Waals surface area (Å²) in [6, 6.07) is 9.79. The van der Waals surface area contributed by atoms with E-state index in [9.17, 15) is 13.2 Å². The van der Waals surface area contributed by atoms with Gasteiger partial charge in [0.05, 0.1) is 5.69 Å². The van der Waals surface area contributed by atoms with Gasteiger partial charge in [-0.1, -0.05) is 18.2 Å². The molecule has 0 spiro atoms. The summed E-state index contributed by atoms with van der Waals surface area (Å²) in [7, 11) is 0. The lowest BCUT2D eigenvalue weighted by Crippen LogP contribution is -2.08. The van der Waals surface area contributed by atoms with Gasteiger partial charge >= 0.3 is 6.18 Å². The van der Waals surface area contributed by atoms with Gasteiger partial charge in [0, 0.05) is 6.20 Å². The number of para-hydroxylation sites is 1. The second-order valence-electron chi connectivity index (χ2n) is 3.28. The predicted molar refractivity (Wildman–Crippen MR) is 53.3 cm³/mol. The van der Waals surface area contributed by atoms with Crippen LogP contribution in [0.4, 0.5) is 13.2 Å². The van der Waals surface area contributed by atoms with Crippen molar-refractivity contribution in [3.8, 4) is 11.8 Å². The van der Waals surface area contributed by atoms with Crippen LogP contribution in [0.3, 0.4) is 0 Å². The number of hydrogen-bond acceptors (Lipinski definition) is 2. The van der Waals surface area contributed by atoms with Crippen molar-refractivity contribution in [2.75, 3.05) is 0 Å². The number of halogens is 3. The molecule has 17 heavy (non-hydrogen) atoms. The largest absolute Gasteiger partial charge is 0.436 e. The van der Waals surface area contributed by atoms with Gasteiger partial charge < -0.3 is 0 Å². The van der Waals surface area contributed by atoms with E-state index in [1.54, 1.807) is 30.3 Å². The fraction of sp³-hybridized carbons (Fsp3) is 0.0909. The van der Waals surface area contributed by atoms with Crippen molar-refractivity contribution in [3.63, 3.8) is 0 Å².